The Morgan fingerprint density at radius 2 is 2.09 bits per heavy atom. The van der Waals surface area contributed by atoms with E-state index in [1.165, 1.54) is 0 Å². The Morgan fingerprint density at radius 1 is 1.55 bits per heavy atom. The van der Waals surface area contributed by atoms with Crippen LogP contribution >= 0.6 is 0 Å². The molecular weight excluding hydrogens is 172 g/mol. The third-order valence-electron chi connectivity index (χ3n) is 0.959. The Balaban J connectivity index is 3.43. The highest BCUT2D eigenvalue weighted by Gasteiger charge is 2.05. The van der Waals surface area contributed by atoms with Crippen LogP contribution in [0.25, 0.3) is 0 Å². The van der Waals surface area contributed by atoms with Crippen molar-refractivity contribution in [3.8, 4) is 0 Å². The highest BCUT2D eigenvalue weighted by molar-refractivity contribution is 7.85. The van der Waals surface area contributed by atoms with Crippen molar-refractivity contribution in [2.75, 3.05) is 19.5 Å². The molecule has 0 heterocycles. The molecule has 0 aromatic carbocycles. The van der Waals surface area contributed by atoms with Crippen molar-refractivity contribution < 1.29 is 22.8 Å². The molecule has 0 spiro atoms. The van der Waals surface area contributed by atoms with Crippen LogP contribution < -0.4 is 0 Å². The maximum Gasteiger partial charge on any atom is 0.264 e. The quantitative estimate of drug-likeness (QED) is 0.519. The summed E-state index contributed by atoms with van der Waals surface area (Å²) in [5.41, 5.74) is 0. The van der Waals surface area contributed by atoms with Gasteiger partial charge in [0.05, 0.1) is 25.6 Å². The third-order valence-corrected chi connectivity index (χ3v) is 1.55. The Bertz CT molecular complexity index is 185. The van der Waals surface area contributed by atoms with Gasteiger partial charge in [-0.3, -0.25) is 4.18 Å². The number of aliphatic hydroxyl groups is 2. The molecule has 0 aliphatic carbocycles. The summed E-state index contributed by atoms with van der Waals surface area (Å²) in [5, 5.41) is 17.0. The smallest absolute Gasteiger partial charge is 0.264 e. The van der Waals surface area contributed by atoms with Gasteiger partial charge in [0, 0.05) is 6.42 Å². The zero-order valence-corrected chi connectivity index (χ0v) is 7.04. The summed E-state index contributed by atoms with van der Waals surface area (Å²) >= 11 is 0. The topological polar surface area (TPSA) is 83.8 Å². The second kappa shape index (κ2) is 4.66. The van der Waals surface area contributed by atoms with Gasteiger partial charge >= 0.3 is 0 Å². The van der Waals surface area contributed by atoms with E-state index in [0.717, 1.165) is 6.26 Å². The monoisotopic (exact) mass is 184 g/mol. The van der Waals surface area contributed by atoms with Gasteiger partial charge in [0.15, 0.2) is 0 Å². The third kappa shape index (κ3) is 7.73. The summed E-state index contributed by atoms with van der Waals surface area (Å²) in [4.78, 5) is 0. The minimum Gasteiger partial charge on any atom is -0.394 e. The van der Waals surface area contributed by atoms with Gasteiger partial charge in [0.1, 0.15) is 0 Å². The molecule has 0 aromatic rings. The highest BCUT2D eigenvalue weighted by atomic mass is 32.2. The first kappa shape index (κ1) is 10.8. The lowest BCUT2D eigenvalue weighted by molar-refractivity contribution is 0.0764. The molecule has 0 radical (unpaired) electrons. The van der Waals surface area contributed by atoms with E-state index < -0.39 is 16.2 Å². The van der Waals surface area contributed by atoms with E-state index in [1.54, 1.807) is 0 Å². The van der Waals surface area contributed by atoms with Crippen molar-refractivity contribution in [2.24, 2.45) is 0 Å². The van der Waals surface area contributed by atoms with E-state index in [2.05, 4.69) is 4.18 Å². The summed E-state index contributed by atoms with van der Waals surface area (Å²) in [5.74, 6) is 0. The SMILES string of the molecule is CS(=O)(=O)OCC[C@H](O)CO. The zero-order chi connectivity index (χ0) is 8.91. The average Bonchev–Trinajstić information content (AvgIpc) is 1.85. The maximum atomic E-state index is 10.3. The van der Waals surface area contributed by atoms with Crippen LogP contribution in [0.2, 0.25) is 0 Å². The van der Waals surface area contributed by atoms with E-state index in [4.69, 9.17) is 10.2 Å². The van der Waals surface area contributed by atoms with Crippen molar-refractivity contribution in [1.29, 1.82) is 0 Å². The predicted octanol–water partition coefficient (Wildman–Crippen LogP) is -1.29. The Hall–Kier alpha value is -0.170. The first-order valence-electron chi connectivity index (χ1n) is 3.09. The minimum absolute atomic E-state index is 0.0967. The summed E-state index contributed by atoms with van der Waals surface area (Å²) in [6.45, 7) is -0.478. The van der Waals surface area contributed by atoms with E-state index in [0.29, 0.717) is 0 Å². The molecule has 11 heavy (non-hydrogen) atoms. The second-order valence-corrected chi connectivity index (χ2v) is 3.80. The molecule has 0 saturated carbocycles. The van der Waals surface area contributed by atoms with Gasteiger partial charge in [-0.05, 0) is 0 Å². The molecule has 1 atom stereocenters. The number of rotatable bonds is 5. The first-order chi connectivity index (χ1) is 4.95. The highest BCUT2D eigenvalue weighted by Crippen LogP contribution is 1.94. The lowest BCUT2D eigenvalue weighted by Gasteiger charge is -2.05. The molecule has 0 rings (SSSR count). The molecule has 0 amide bonds. The van der Waals surface area contributed by atoms with Crippen molar-refractivity contribution in [3.05, 3.63) is 0 Å². The average molecular weight is 184 g/mol. The molecule has 6 heteroatoms. The molecule has 0 saturated heterocycles. The fourth-order valence-electron chi connectivity index (χ4n) is 0.427. The number of hydrogen-bond acceptors (Lipinski definition) is 5. The van der Waals surface area contributed by atoms with Crippen molar-refractivity contribution in [1.82, 2.24) is 0 Å². The largest absolute Gasteiger partial charge is 0.394 e. The molecule has 68 valence electrons. The zero-order valence-electron chi connectivity index (χ0n) is 6.23. The van der Waals surface area contributed by atoms with E-state index >= 15 is 0 Å². The van der Waals surface area contributed by atoms with Crippen LogP contribution in [0.5, 0.6) is 0 Å². The summed E-state index contributed by atoms with van der Waals surface area (Å²) in [7, 11) is -3.42. The van der Waals surface area contributed by atoms with E-state index in [1.807, 2.05) is 0 Å². The molecule has 0 aliphatic rings. The van der Waals surface area contributed by atoms with Crippen LogP contribution in [0, 0.1) is 0 Å². The molecule has 0 aliphatic heterocycles. The molecule has 2 N–H and O–H groups in total. The van der Waals surface area contributed by atoms with Crippen LogP contribution in [0.15, 0.2) is 0 Å². The molecule has 5 nitrogen and oxygen atoms in total. The number of aliphatic hydroxyl groups excluding tert-OH is 2. The van der Waals surface area contributed by atoms with Gasteiger partial charge < -0.3 is 10.2 Å². The van der Waals surface area contributed by atoms with E-state index in [9.17, 15) is 8.42 Å². The van der Waals surface area contributed by atoms with Crippen LogP contribution in [-0.4, -0.2) is 44.2 Å². The maximum absolute atomic E-state index is 10.3. The molecule has 0 aromatic heterocycles. The van der Waals surface area contributed by atoms with Crippen molar-refractivity contribution in [2.45, 2.75) is 12.5 Å². The van der Waals surface area contributed by atoms with Gasteiger partial charge in [-0.15, -0.1) is 0 Å². The summed E-state index contributed by atoms with van der Waals surface area (Å²) in [6.07, 6.45) is 0.138. The Morgan fingerprint density at radius 3 is 2.45 bits per heavy atom. The van der Waals surface area contributed by atoms with Gasteiger partial charge in [0.2, 0.25) is 0 Å². The fraction of sp³-hybridized carbons (Fsp3) is 1.00. The standard InChI is InChI=1S/C5H12O5S/c1-11(8,9)10-3-2-5(7)4-6/h5-7H,2-4H2,1H3/t5-/m0/s1. The van der Waals surface area contributed by atoms with Crippen LogP contribution in [0.4, 0.5) is 0 Å². The fourth-order valence-corrected chi connectivity index (χ4v) is 0.826. The van der Waals surface area contributed by atoms with Crippen LogP contribution in [0.1, 0.15) is 6.42 Å². The first-order valence-corrected chi connectivity index (χ1v) is 4.90. The van der Waals surface area contributed by atoms with Crippen LogP contribution in [0.3, 0.4) is 0 Å². The van der Waals surface area contributed by atoms with Crippen molar-refractivity contribution in [3.63, 3.8) is 0 Å². The molecule has 0 bridgehead atoms. The Kier molecular flexibility index (Phi) is 4.58. The lowest BCUT2D eigenvalue weighted by Crippen LogP contribution is -2.16. The predicted molar refractivity (Wildman–Crippen MR) is 38.5 cm³/mol. The number of hydrogen-bond donors (Lipinski definition) is 2. The van der Waals surface area contributed by atoms with Gasteiger partial charge in [-0.1, -0.05) is 0 Å². The van der Waals surface area contributed by atoms with Crippen molar-refractivity contribution >= 4 is 10.1 Å². The molecule has 0 unspecified atom stereocenters. The van der Waals surface area contributed by atoms with E-state index in [-0.39, 0.29) is 19.6 Å². The summed E-state index contributed by atoms with van der Waals surface area (Å²) in [6, 6.07) is 0. The minimum atomic E-state index is -3.42. The normalized spacial score (nSPS) is 14.8. The van der Waals surface area contributed by atoms with Gasteiger partial charge in [-0.25, -0.2) is 0 Å². The molecule has 0 fully saturated rings. The summed E-state index contributed by atoms with van der Waals surface area (Å²) < 4.78 is 25.0. The lowest BCUT2D eigenvalue weighted by atomic mass is 10.3. The van der Waals surface area contributed by atoms with Gasteiger partial charge in [-0.2, -0.15) is 8.42 Å². The Labute approximate surface area is 65.7 Å². The second-order valence-electron chi connectivity index (χ2n) is 2.15. The molecular formula is C5H12O5S. The van der Waals surface area contributed by atoms with Gasteiger partial charge in [0.25, 0.3) is 10.1 Å². The van der Waals surface area contributed by atoms with Crippen LogP contribution in [-0.2, 0) is 14.3 Å².